The molecular weight excluding hydrogens is 190 g/mol. The van der Waals surface area contributed by atoms with Crippen LogP contribution in [0.25, 0.3) is 0 Å². The van der Waals surface area contributed by atoms with Gasteiger partial charge in [-0.05, 0) is 19.9 Å². The van der Waals surface area contributed by atoms with E-state index in [-0.39, 0.29) is 28.9 Å². The summed E-state index contributed by atoms with van der Waals surface area (Å²) >= 11 is 0. The van der Waals surface area contributed by atoms with Crippen molar-refractivity contribution in [1.82, 2.24) is 0 Å². The average molecular weight is 208 g/mol. The molecule has 0 aliphatic heterocycles. The van der Waals surface area contributed by atoms with Crippen molar-refractivity contribution in [2.75, 3.05) is 20.7 Å². The second-order valence-electron chi connectivity index (χ2n) is 3.13. The lowest BCUT2D eigenvalue weighted by molar-refractivity contribution is -1.09. The Morgan fingerprint density at radius 2 is 2.08 bits per heavy atom. The molecule has 1 atom stereocenters. The summed E-state index contributed by atoms with van der Waals surface area (Å²) in [6, 6.07) is -0.192. The molecule has 0 aliphatic rings. The maximum atomic E-state index is 11.2. The van der Waals surface area contributed by atoms with Crippen LogP contribution in [0.2, 0.25) is 0 Å². The minimum Gasteiger partial charge on any atom is -1.00 e. The first-order valence-electron chi connectivity index (χ1n) is 4.10. The Morgan fingerprint density at radius 1 is 1.62 bits per heavy atom. The van der Waals surface area contributed by atoms with Gasteiger partial charge in [0.05, 0.1) is 14.1 Å². The van der Waals surface area contributed by atoms with Crippen molar-refractivity contribution < 1.29 is 26.7 Å². The SMILES string of the molecule is C=CC(=O)C(C)[N+](C)(C)OCC.[Cl-]. The minimum atomic E-state index is -0.192. The molecule has 3 nitrogen and oxygen atoms in total. The zero-order chi connectivity index (χ0) is 9.78. The molecule has 1 unspecified atom stereocenters. The highest BCUT2D eigenvalue weighted by Gasteiger charge is 2.30. The van der Waals surface area contributed by atoms with Crippen LogP contribution in [-0.2, 0) is 9.63 Å². The Balaban J connectivity index is 0. The normalized spacial score (nSPS) is 12.9. The van der Waals surface area contributed by atoms with Gasteiger partial charge >= 0.3 is 0 Å². The lowest BCUT2D eigenvalue weighted by Gasteiger charge is -2.30. The lowest BCUT2D eigenvalue weighted by Crippen LogP contribution is -3.00. The molecule has 13 heavy (non-hydrogen) atoms. The van der Waals surface area contributed by atoms with E-state index in [2.05, 4.69) is 6.58 Å². The summed E-state index contributed by atoms with van der Waals surface area (Å²) in [5.74, 6) is 0.00782. The Morgan fingerprint density at radius 3 is 2.38 bits per heavy atom. The van der Waals surface area contributed by atoms with Gasteiger partial charge in [-0.3, -0.25) is 4.79 Å². The van der Waals surface area contributed by atoms with E-state index in [9.17, 15) is 4.79 Å². The van der Waals surface area contributed by atoms with Crippen molar-refractivity contribution in [3.8, 4) is 0 Å². The van der Waals surface area contributed by atoms with Gasteiger partial charge < -0.3 is 12.4 Å². The van der Waals surface area contributed by atoms with Crippen molar-refractivity contribution in [1.29, 1.82) is 0 Å². The van der Waals surface area contributed by atoms with Crippen LogP contribution < -0.4 is 12.4 Å². The molecule has 0 aromatic rings. The quantitative estimate of drug-likeness (QED) is 0.301. The molecule has 0 N–H and O–H groups in total. The molecule has 0 heterocycles. The standard InChI is InChI=1S/C9H18NO2.ClH/c1-6-9(11)8(3)10(4,5)12-7-2;/h6,8H,1,7H2,2-5H3;1H/q+1;/p-1. The smallest absolute Gasteiger partial charge is 0.214 e. The summed E-state index contributed by atoms with van der Waals surface area (Å²) in [6.07, 6.45) is 1.34. The van der Waals surface area contributed by atoms with Gasteiger partial charge in [0.15, 0.2) is 6.04 Å². The van der Waals surface area contributed by atoms with Crippen molar-refractivity contribution in [3.63, 3.8) is 0 Å². The van der Waals surface area contributed by atoms with Crippen LogP contribution in [0.5, 0.6) is 0 Å². The van der Waals surface area contributed by atoms with Crippen molar-refractivity contribution in [3.05, 3.63) is 12.7 Å². The van der Waals surface area contributed by atoms with Gasteiger partial charge in [0.1, 0.15) is 6.61 Å². The second kappa shape index (κ2) is 6.13. The van der Waals surface area contributed by atoms with Gasteiger partial charge in [-0.2, -0.15) is 4.65 Å². The summed E-state index contributed by atoms with van der Waals surface area (Å²) in [5, 5.41) is 0. The van der Waals surface area contributed by atoms with E-state index < -0.39 is 0 Å². The number of carbonyl (C=O) groups is 1. The van der Waals surface area contributed by atoms with Crippen LogP contribution in [0.1, 0.15) is 13.8 Å². The van der Waals surface area contributed by atoms with Crippen LogP contribution in [0.15, 0.2) is 12.7 Å². The van der Waals surface area contributed by atoms with Gasteiger partial charge in [-0.25, -0.2) is 4.84 Å². The zero-order valence-electron chi connectivity index (χ0n) is 8.71. The molecule has 0 saturated heterocycles. The molecule has 0 aromatic carbocycles. The highest BCUT2D eigenvalue weighted by Crippen LogP contribution is 2.08. The van der Waals surface area contributed by atoms with Crippen LogP contribution in [0.4, 0.5) is 0 Å². The first-order valence-corrected chi connectivity index (χ1v) is 4.10. The van der Waals surface area contributed by atoms with Gasteiger partial charge in [0, 0.05) is 0 Å². The third kappa shape index (κ3) is 4.41. The average Bonchev–Trinajstić information content (AvgIpc) is 2.01. The number of rotatable bonds is 5. The number of carbonyl (C=O) groups excluding carboxylic acids is 1. The molecule has 0 radical (unpaired) electrons. The minimum absolute atomic E-state index is 0. The van der Waals surface area contributed by atoms with Crippen LogP contribution in [0.3, 0.4) is 0 Å². The van der Waals surface area contributed by atoms with Gasteiger partial charge in [-0.1, -0.05) is 6.58 Å². The Hall–Kier alpha value is -0.380. The number of ketones is 1. The van der Waals surface area contributed by atoms with Crippen LogP contribution in [0, 0.1) is 0 Å². The van der Waals surface area contributed by atoms with Crippen LogP contribution >= 0.6 is 0 Å². The number of quaternary nitrogens is 1. The summed E-state index contributed by atoms with van der Waals surface area (Å²) < 4.78 is 0.251. The molecular formula is C9H18ClNO2. The van der Waals surface area contributed by atoms with E-state index in [1.165, 1.54) is 6.08 Å². The second-order valence-corrected chi connectivity index (χ2v) is 3.13. The Bertz CT molecular complexity index is 180. The molecule has 78 valence electrons. The number of halogens is 1. The molecule has 0 rings (SSSR count). The summed E-state index contributed by atoms with van der Waals surface area (Å²) in [6.45, 7) is 7.78. The number of hydrogen-bond donors (Lipinski definition) is 0. The zero-order valence-corrected chi connectivity index (χ0v) is 9.47. The van der Waals surface area contributed by atoms with Gasteiger partial charge in [0.25, 0.3) is 0 Å². The summed E-state index contributed by atoms with van der Waals surface area (Å²) in [7, 11) is 3.71. The van der Waals surface area contributed by atoms with E-state index in [0.29, 0.717) is 6.61 Å². The van der Waals surface area contributed by atoms with Crippen molar-refractivity contribution in [2.24, 2.45) is 0 Å². The van der Waals surface area contributed by atoms with Gasteiger partial charge in [0.2, 0.25) is 5.78 Å². The molecule has 0 fully saturated rings. The molecule has 0 aliphatic carbocycles. The molecule has 0 amide bonds. The highest BCUT2D eigenvalue weighted by atomic mass is 35.5. The number of hydrogen-bond acceptors (Lipinski definition) is 2. The Kier molecular flexibility index (Phi) is 7.13. The predicted molar refractivity (Wildman–Crippen MR) is 48.4 cm³/mol. The van der Waals surface area contributed by atoms with E-state index in [1.807, 2.05) is 27.9 Å². The fourth-order valence-corrected chi connectivity index (χ4v) is 0.922. The molecule has 0 aromatic heterocycles. The molecule has 0 spiro atoms. The Labute approximate surface area is 86.3 Å². The maximum absolute atomic E-state index is 11.2. The van der Waals surface area contributed by atoms with Crippen LogP contribution in [-0.4, -0.2) is 37.2 Å². The third-order valence-corrected chi connectivity index (χ3v) is 2.01. The van der Waals surface area contributed by atoms with Crippen molar-refractivity contribution in [2.45, 2.75) is 19.9 Å². The monoisotopic (exact) mass is 207 g/mol. The number of hydroxylamine groups is 3. The predicted octanol–water partition coefficient (Wildman–Crippen LogP) is -1.84. The van der Waals surface area contributed by atoms with Crippen molar-refractivity contribution >= 4 is 5.78 Å². The van der Waals surface area contributed by atoms with E-state index in [4.69, 9.17) is 4.84 Å². The first-order chi connectivity index (χ1) is 5.45. The first kappa shape index (κ1) is 15.1. The molecule has 0 bridgehead atoms. The van der Waals surface area contributed by atoms with E-state index in [0.717, 1.165) is 0 Å². The maximum Gasteiger partial charge on any atom is 0.214 e. The fourth-order valence-electron chi connectivity index (χ4n) is 0.922. The topological polar surface area (TPSA) is 26.3 Å². The van der Waals surface area contributed by atoms with Gasteiger partial charge in [-0.15, -0.1) is 0 Å². The largest absolute Gasteiger partial charge is 1.00 e. The van der Waals surface area contributed by atoms with E-state index in [1.54, 1.807) is 0 Å². The summed E-state index contributed by atoms with van der Waals surface area (Å²) in [4.78, 5) is 16.6. The number of likely N-dealkylation sites (N-methyl/N-ethyl adjacent to an activating group) is 1. The molecule has 0 saturated carbocycles. The number of nitrogens with zero attached hydrogens (tertiary/aromatic N) is 1. The summed E-state index contributed by atoms with van der Waals surface area (Å²) in [5.41, 5.74) is 0. The van der Waals surface area contributed by atoms with E-state index >= 15 is 0 Å². The molecule has 4 heteroatoms. The highest BCUT2D eigenvalue weighted by molar-refractivity contribution is 5.92. The lowest BCUT2D eigenvalue weighted by atomic mass is 10.2. The fraction of sp³-hybridized carbons (Fsp3) is 0.667. The third-order valence-electron chi connectivity index (χ3n) is 2.01.